The smallest absolute Gasteiger partial charge is 0.223 e. The third-order valence-corrected chi connectivity index (χ3v) is 5.22. The predicted octanol–water partition coefficient (Wildman–Crippen LogP) is 4.00. The van der Waals surface area contributed by atoms with Crippen LogP contribution in [-0.2, 0) is 17.8 Å². The predicted molar refractivity (Wildman–Crippen MR) is 104 cm³/mol. The highest BCUT2D eigenvalue weighted by molar-refractivity contribution is 5.81. The van der Waals surface area contributed by atoms with Gasteiger partial charge in [-0.2, -0.15) is 0 Å². The monoisotopic (exact) mass is 347 g/mol. The number of hydrogen-bond donors (Lipinski definition) is 0. The van der Waals surface area contributed by atoms with E-state index in [-0.39, 0.29) is 11.8 Å². The van der Waals surface area contributed by atoms with Crippen LogP contribution < -0.4 is 0 Å². The number of imidazole rings is 1. The van der Waals surface area contributed by atoms with Gasteiger partial charge in [-0.05, 0) is 30.5 Å². The first kappa shape index (κ1) is 16.8. The fourth-order valence-electron chi connectivity index (χ4n) is 3.93. The largest absolute Gasteiger partial charge is 0.342 e. The summed E-state index contributed by atoms with van der Waals surface area (Å²) in [7, 11) is 0. The average molecular weight is 347 g/mol. The molecule has 1 atom stereocenters. The molecule has 4 nitrogen and oxygen atoms in total. The van der Waals surface area contributed by atoms with Gasteiger partial charge in [0.05, 0.1) is 11.0 Å². The first-order valence-corrected chi connectivity index (χ1v) is 9.53. The summed E-state index contributed by atoms with van der Waals surface area (Å²) in [6.45, 7) is 4.70. The summed E-state index contributed by atoms with van der Waals surface area (Å²) in [5.74, 6) is 1.52. The molecule has 0 radical (unpaired) electrons. The van der Waals surface area contributed by atoms with Crippen LogP contribution >= 0.6 is 0 Å². The second-order valence-corrected chi connectivity index (χ2v) is 7.09. The van der Waals surface area contributed by atoms with E-state index in [1.165, 1.54) is 11.1 Å². The van der Waals surface area contributed by atoms with E-state index in [4.69, 9.17) is 4.98 Å². The molecule has 4 rings (SSSR count). The van der Waals surface area contributed by atoms with Crippen molar-refractivity contribution < 1.29 is 4.79 Å². The minimum atomic E-state index is 0.192. The zero-order valence-electron chi connectivity index (χ0n) is 15.3. The fourth-order valence-corrected chi connectivity index (χ4v) is 3.93. The van der Waals surface area contributed by atoms with Gasteiger partial charge < -0.3 is 9.47 Å². The molecule has 0 N–H and O–H groups in total. The van der Waals surface area contributed by atoms with Crippen LogP contribution in [0.15, 0.2) is 54.6 Å². The lowest BCUT2D eigenvalue weighted by Gasteiger charge is -2.17. The minimum Gasteiger partial charge on any atom is -0.342 e. The Hall–Kier alpha value is -2.62. The molecule has 3 aromatic rings. The maximum Gasteiger partial charge on any atom is 0.223 e. The zero-order chi connectivity index (χ0) is 17.9. The fraction of sp³-hybridized carbons (Fsp3) is 0.364. The lowest BCUT2D eigenvalue weighted by Crippen LogP contribution is -2.27. The summed E-state index contributed by atoms with van der Waals surface area (Å²) in [5.41, 5.74) is 3.49. The summed E-state index contributed by atoms with van der Waals surface area (Å²) in [5, 5.41) is 0. The second kappa shape index (κ2) is 7.32. The number of carbonyl (C=O) groups is 1. The van der Waals surface area contributed by atoms with E-state index in [1.807, 2.05) is 17.0 Å². The van der Waals surface area contributed by atoms with Gasteiger partial charge in [-0.25, -0.2) is 4.98 Å². The molecule has 1 aromatic heterocycles. The van der Waals surface area contributed by atoms with Gasteiger partial charge in [0, 0.05) is 32.0 Å². The van der Waals surface area contributed by atoms with E-state index in [0.717, 1.165) is 43.8 Å². The number of rotatable bonds is 6. The first-order valence-electron chi connectivity index (χ1n) is 9.53. The van der Waals surface area contributed by atoms with Crippen molar-refractivity contribution in [3.05, 3.63) is 66.0 Å². The number of fused-ring (bicyclic) bond motifs is 1. The molecule has 1 amide bonds. The molecule has 0 bridgehead atoms. The number of aromatic nitrogens is 2. The Morgan fingerprint density at radius 2 is 1.81 bits per heavy atom. The molecule has 1 fully saturated rings. The minimum absolute atomic E-state index is 0.192. The van der Waals surface area contributed by atoms with Gasteiger partial charge >= 0.3 is 0 Å². The standard InChI is InChI=1S/C22H25N3O/c1-2-13-25-20-11-7-6-10-19(20)23-22(25)18-15-21(26)24(16-18)14-12-17-8-4-3-5-9-17/h3-11,18H,2,12-16H2,1H3/t18-/m1/s1. The zero-order valence-corrected chi connectivity index (χ0v) is 15.3. The van der Waals surface area contributed by atoms with Crippen LogP contribution in [0.1, 0.15) is 37.1 Å². The Bertz CT molecular complexity index is 900. The summed E-state index contributed by atoms with van der Waals surface area (Å²) < 4.78 is 2.31. The number of carbonyl (C=O) groups excluding carboxylic acids is 1. The molecule has 2 heterocycles. The van der Waals surface area contributed by atoms with E-state index in [0.29, 0.717) is 6.42 Å². The van der Waals surface area contributed by atoms with Gasteiger partial charge in [0.1, 0.15) is 5.82 Å². The van der Waals surface area contributed by atoms with Gasteiger partial charge in [-0.3, -0.25) is 4.79 Å². The molecule has 0 aliphatic carbocycles. The summed E-state index contributed by atoms with van der Waals surface area (Å²) >= 11 is 0. The highest BCUT2D eigenvalue weighted by Gasteiger charge is 2.33. The number of benzene rings is 2. The Kier molecular flexibility index (Phi) is 4.74. The summed E-state index contributed by atoms with van der Waals surface area (Å²) in [6, 6.07) is 18.7. The molecule has 2 aromatic carbocycles. The van der Waals surface area contributed by atoms with Crippen LogP contribution in [0.25, 0.3) is 11.0 Å². The van der Waals surface area contributed by atoms with Crippen molar-refractivity contribution >= 4 is 16.9 Å². The number of hydrogen-bond acceptors (Lipinski definition) is 2. The van der Waals surface area contributed by atoms with Crippen molar-refractivity contribution in [3.63, 3.8) is 0 Å². The number of aryl methyl sites for hydroxylation is 1. The third kappa shape index (κ3) is 3.24. The Balaban J connectivity index is 1.53. The van der Waals surface area contributed by atoms with E-state index < -0.39 is 0 Å². The van der Waals surface area contributed by atoms with Crippen molar-refractivity contribution in [1.82, 2.24) is 14.5 Å². The van der Waals surface area contributed by atoms with Gasteiger partial charge in [-0.1, -0.05) is 49.4 Å². The van der Waals surface area contributed by atoms with Crippen molar-refractivity contribution in [3.8, 4) is 0 Å². The molecule has 134 valence electrons. The highest BCUT2D eigenvalue weighted by Crippen LogP contribution is 2.30. The Morgan fingerprint density at radius 1 is 1.04 bits per heavy atom. The van der Waals surface area contributed by atoms with Crippen LogP contribution in [0.3, 0.4) is 0 Å². The van der Waals surface area contributed by atoms with E-state index in [1.54, 1.807) is 0 Å². The molecular weight excluding hydrogens is 322 g/mol. The van der Waals surface area contributed by atoms with Crippen molar-refractivity contribution in [2.24, 2.45) is 0 Å². The van der Waals surface area contributed by atoms with Crippen LogP contribution in [0.2, 0.25) is 0 Å². The molecule has 26 heavy (non-hydrogen) atoms. The molecule has 1 saturated heterocycles. The van der Waals surface area contributed by atoms with Crippen LogP contribution in [0.4, 0.5) is 0 Å². The number of para-hydroxylation sites is 2. The Labute approximate surface area is 154 Å². The highest BCUT2D eigenvalue weighted by atomic mass is 16.2. The van der Waals surface area contributed by atoms with Gasteiger partial charge in [-0.15, -0.1) is 0 Å². The summed E-state index contributed by atoms with van der Waals surface area (Å²) in [6.07, 6.45) is 2.54. The van der Waals surface area contributed by atoms with Crippen LogP contribution in [-0.4, -0.2) is 33.4 Å². The molecule has 1 aliphatic rings. The number of likely N-dealkylation sites (tertiary alicyclic amines) is 1. The molecule has 0 unspecified atom stereocenters. The van der Waals surface area contributed by atoms with E-state index in [9.17, 15) is 4.79 Å². The molecule has 0 spiro atoms. The molecular formula is C22H25N3O. The Morgan fingerprint density at radius 3 is 2.62 bits per heavy atom. The van der Waals surface area contributed by atoms with Crippen molar-refractivity contribution in [2.45, 2.75) is 38.6 Å². The van der Waals surface area contributed by atoms with Gasteiger partial charge in [0.15, 0.2) is 0 Å². The number of nitrogens with zero attached hydrogens (tertiary/aromatic N) is 3. The lowest BCUT2D eigenvalue weighted by atomic mass is 10.1. The average Bonchev–Trinajstić information content (AvgIpc) is 3.22. The molecule has 4 heteroatoms. The van der Waals surface area contributed by atoms with Crippen molar-refractivity contribution in [1.29, 1.82) is 0 Å². The maximum atomic E-state index is 12.6. The normalized spacial score (nSPS) is 17.3. The second-order valence-electron chi connectivity index (χ2n) is 7.09. The van der Waals surface area contributed by atoms with Crippen LogP contribution in [0.5, 0.6) is 0 Å². The third-order valence-electron chi connectivity index (χ3n) is 5.22. The lowest BCUT2D eigenvalue weighted by molar-refractivity contribution is -0.127. The van der Waals surface area contributed by atoms with Gasteiger partial charge in [0.25, 0.3) is 0 Å². The van der Waals surface area contributed by atoms with Crippen LogP contribution in [0, 0.1) is 0 Å². The van der Waals surface area contributed by atoms with Crippen molar-refractivity contribution in [2.75, 3.05) is 13.1 Å². The topological polar surface area (TPSA) is 38.1 Å². The van der Waals surface area contributed by atoms with Gasteiger partial charge in [0.2, 0.25) is 5.91 Å². The first-order chi connectivity index (χ1) is 12.8. The molecule has 1 aliphatic heterocycles. The SMILES string of the molecule is CCCn1c([C@@H]2CC(=O)N(CCc3ccccc3)C2)nc2ccccc21. The van der Waals surface area contributed by atoms with E-state index in [2.05, 4.69) is 54.0 Å². The quantitative estimate of drug-likeness (QED) is 0.676. The number of amides is 1. The van der Waals surface area contributed by atoms with E-state index >= 15 is 0 Å². The maximum absolute atomic E-state index is 12.6. The summed E-state index contributed by atoms with van der Waals surface area (Å²) in [4.78, 5) is 19.4. The molecule has 0 saturated carbocycles.